The fourth-order valence-corrected chi connectivity index (χ4v) is 2.41. The van der Waals surface area contributed by atoms with Gasteiger partial charge in [0, 0.05) is 12.6 Å². The molecule has 1 aromatic rings. The van der Waals surface area contributed by atoms with Crippen LogP contribution in [-0.4, -0.2) is 19.8 Å². The molecule has 106 valence electrons. The predicted octanol–water partition coefficient (Wildman–Crippen LogP) is 3.33. The first kappa shape index (κ1) is 14.1. The quantitative estimate of drug-likeness (QED) is 0.861. The number of hydrogen-bond acceptors (Lipinski definition) is 3. The monoisotopic (exact) mass is 271 g/mol. The summed E-state index contributed by atoms with van der Waals surface area (Å²) in [5.74, 6) is 0.410. The van der Waals surface area contributed by atoms with Crippen LogP contribution in [-0.2, 0) is 6.54 Å². The van der Waals surface area contributed by atoms with E-state index in [1.54, 1.807) is 12.1 Å². The van der Waals surface area contributed by atoms with Crippen LogP contribution in [0.2, 0.25) is 0 Å². The first-order valence-electron chi connectivity index (χ1n) is 6.54. The van der Waals surface area contributed by atoms with Crippen molar-refractivity contribution in [2.75, 3.05) is 7.11 Å². The second kappa shape index (κ2) is 6.70. The molecule has 2 rings (SSSR count). The Balaban J connectivity index is 1.99. The van der Waals surface area contributed by atoms with Gasteiger partial charge in [0.1, 0.15) is 0 Å². The molecule has 0 unspecified atom stereocenters. The Hall–Kier alpha value is -1.36. The van der Waals surface area contributed by atoms with E-state index in [0.29, 0.717) is 18.3 Å². The lowest BCUT2D eigenvalue weighted by molar-refractivity contribution is -0.0512. The van der Waals surface area contributed by atoms with Gasteiger partial charge in [-0.05, 0) is 30.5 Å². The van der Waals surface area contributed by atoms with Crippen LogP contribution in [0.4, 0.5) is 8.78 Å². The highest BCUT2D eigenvalue weighted by atomic mass is 19.3. The van der Waals surface area contributed by atoms with Gasteiger partial charge in [-0.1, -0.05) is 18.9 Å². The summed E-state index contributed by atoms with van der Waals surface area (Å²) < 4.78 is 34.1. The van der Waals surface area contributed by atoms with Crippen LogP contribution in [0.3, 0.4) is 0 Å². The number of halogens is 2. The van der Waals surface area contributed by atoms with Crippen molar-refractivity contribution in [2.45, 2.75) is 44.9 Å². The summed E-state index contributed by atoms with van der Waals surface area (Å²) in [7, 11) is 1.43. The Morgan fingerprint density at radius 1 is 1.26 bits per heavy atom. The first-order chi connectivity index (χ1) is 9.19. The van der Waals surface area contributed by atoms with Crippen LogP contribution in [0, 0.1) is 0 Å². The second-order valence-electron chi connectivity index (χ2n) is 4.73. The maximum atomic E-state index is 12.3. The van der Waals surface area contributed by atoms with Gasteiger partial charge in [0.15, 0.2) is 11.5 Å². The molecular formula is C14H19F2NO2. The molecule has 1 aromatic carbocycles. The number of alkyl halides is 2. The van der Waals surface area contributed by atoms with Crippen LogP contribution in [0.15, 0.2) is 18.2 Å². The van der Waals surface area contributed by atoms with E-state index in [9.17, 15) is 8.78 Å². The van der Waals surface area contributed by atoms with E-state index in [2.05, 4.69) is 10.1 Å². The van der Waals surface area contributed by atoms with Gasteiger partial charge < -0.3 is 14.8 Å². The average molecular weight is 271 g/mol. The molecule has 0 amide bonds. The van der Waals surface area contributed by atoms with E-state index in [1.165, 1.54) is 32.8 Å². The zero-order valence-electron chi connectivity index (χ0n) is 11.0. The SMILES string of the molecule is COc1ccc(CNC2CCCC2)cc1OC(F)F. The fraction of sp³-hybridized carbons (Fsp3) is 0.571. The number of methoxy groups -OCH3 is 1. The van der Waals surface area contributed by atoms with Gasteiger partial charge in [0.05, 0.1) is 7.11 Å². The minimum atomic E-state index is -2.84. The van der Waals surface area contributed by atoms with Gasteiger partial charge in [0.2, 0.25) is 0 Å². The Labute approximate surface area is 111 Å². The van der Waals surface area contributed by atoms with Crippen LogP contribution in [0.1, 0.15) is 31.2 Å². The summed E-state index contributed by atoms with van der Waals surface area (Å²) in [6.07, 6.45) is 4.91. The molecule has 0 bridgehead atoms. The predicted molar refractivity (Wildman–Crippen MR) is 68.7 cm³/mol. The first-order valence-corrected chi connectivity index (χ1v) is 6.54. The minimum absolute atomic E-state index is 0.0863. The molecule has 0 atom stereocenters. The minimum Gasteiger partial charge on any atom is -0.493 e. The van der Waals surface area contributed by atoms with E-state index in [4.69, 9.17) is 4.74 Å². The molecule has 0 aliphatic heterocycles. The van der Waals surface area contributed by atoms with Crippen LogP contribution < -0.4 is 14.8 Å². The largest absolute Gasteiger partial charge is 0.493 e. The third kappa shape index (κ3) is 4.06. The van der Waals surface area contributed by atoms with Crippen LogP contribution >= 0.6 is 0 Å². The molecule has 1 aliphatic rings. The van der Waals surface area contributed by atoms with Gasteiger partial charge >= 0.3 is 6.61 Å². The molecule has 1 fully saturated rings. The Kier molecular flexibility index (Phi) is 4.96. The topological polar surface area (TPSA) is 30.5 Å². The van der Waals surface area contributed by atoms with Crippen molar-refractivity contribution in [1.82, 2.24) is 5.32 Å². The summed E-state index contributed by atoms with van der Waals surface area (Å²) in [5, 5.41) is 3.43. The molecule has 19 heavy (non-hydrogen) atoms. The summed E-state index contributed by atoms with van der Waals surface area (Å²) in [6, 6.07) is 5.66. The van der Waals surface area contributed by atoms with Gasteiger partial charge in [-0.2, -0.15) is 8.78 Å². The normalized spacial score (nSPS) is 16.0. The lowest BCUT2D eigenvalue weighted by Crippen LogP contribution is -2.25. The van der Waals surface area contributed by atoms with Crippen molar-refractivity contribution in [3.8, 4) is 11.5 Å². The number of nitrogens with one attached hydrogen (secondary N) is 1. The lowest BCUT2D eigenvalue weighted by atomic mass is 10.1. The Bertz CT molecular complexity index is 406. The van der Waals surface area contributed by atoms with E-state index in [0.717, 1.165) is 5.56 Å². The maximum absolute atomic E-state index is 12.3. The molecule has 1 aliphatic carbocycles. The number of ether oxygens (including phenoxy) is 2. The van der Waals surface area contributed by atoms with Gasteiger partial charge in [-0.25, -0.2) is 0 Å². The van der Waals surface area contributed by atoms with Gasteiger partial charge in [-0.15, -0.1) is 0 Å². The number of benzene rings is 1. The van der Waals surface area contributed by atoms with Crippen molar-refractivity contribution in [2.24, 2.45) is 0 Å². The van der Waals surface area contributed by atoms with E-state index >= 15 is 0 Å². The van der Waals surface area contributed by atoms with E-state index in [-0.39, 0.29) is 5.75 Å². The standard InChI is InChI=1S/C14H19F2NO2/c1-18-12-7-6-10(8-13(12)19-14(15)16)9-17-11-4-2-3-5-11/h6-8,11,14,17H,2-5,9H2,1H3. The van der Waals surface area contributed by atoms with Crippen molar-refractivity contribution >= 4 is 0 Å². The number of hydrogen-bond donors (Lipinski definition) is 1. The van der Waals surface area contributed by atoms with E-state index < -0.39 is 6.61 Å². The molecule has 0 radical (unpaired) electrons. The molecule has 3 nitrogen and oxygen atoms in total. The summed E-state index contributed by atoms with van der Waals surface area (Å²) >= 11 is 0. The average Bonchev–Trinajstić information content (AvgIpc) is 2.89. The number of rotatable bonds is 6. The van der Waals surface area contributed by atoms with E-state index in [1.807, 2.05) is 6.07 Å². The third-order valence-electron chi connectivity index (χ3n) is 3.39. The molecule has 1 saturated carbocycles. The summed E-state index contributed by atoms with van der Waals surface area (Å²) in [4.78, 5) is 0. The second-order valence-corrected chi connectivity index (χ2v) is 4.73. The molecule has 5 heteroatoms. The van der Waals surface area contributed by atoms with Gasteiger partial charge in [0.25, 0.3) is 0 Å². The van der Waals surface area contributed by atoms with Crippen molar-refractivity contribution in [3.05, 3.63) is 23.8 Å². The molecule has 1 N–H and O–H groups in total. The molecule has 0 saturated heterocycles. The Morgan fingerprint density at radius 2 is 2.00 bits per heavy atom. The Morgan fingerprint density at radius 3 is 2.63 bits per heavy atom. The zero-order chi connectivity index (χ0) is 13.7. The maximum Gasteiger partial charge on any atom is 0.387 e. The molecule has 0 heterocycles. The smallest absolute Gasteiger partial charge is 0.387 e. The van der Waals surface area contributed by atoms with Crippen molar-refractivity contribution < 1.29 is 18.3 Å². The fourth-order valence-electron chi connectivity index (χ4n) is 2.41. The van der Waals surface area contributed by atoms with Gasteiger partial charge in [-0.3, -0.25) is 0 Å². The van der Waals surface area contributed by atoms with Crippen molar-refractivity contribution in [1.29, 1.82) is 0 Å². The molecule has 0 spiro atoms. The van der Waals surface area contributed by atoms with Crippen molar-refractivity contribution in [3.63, 3.8) is 0 Å². The third-order valence-corrected chi connectivity index (χ3v) is 3.39. The van der Waals surface area contributed by atoms with Crippen LogP contribution in [0.25, 0.3) is 0 Å². The van der Waals surface area contributed by atoms with Crippen LogP contribution in [0.5, 0.6) is 11.5 Å². The highest BCUT2D eigenvalue weighted by Gasteiger charge is 2.15. The highest BCUT2D eigenvalue weighted by molar-refractivity contribution is 5.43. The zero-order valence-corrected chi connectivity index (χ0v) is 11.0. The molecular weight excluding hydrogens is 252 g/mol. The summed E-state index contributed by atoms with van der Waals surface area (Å²) in [6.45, 7) is -2.18. The highest BCUT2D eigenvalue weighted by Crippen LogP contribution is 2.29. The molecule has 0 aromatic heterocycles. The summed E-state index contributed by atoms with van der Waals surface area (Å²) in [5.41, 5.74) is 0.920. The lowest BCUT2D eigenvalue weighted by Gasteiger charge is -2.14.